The van der Waals surface area contributed by atoms with E-state index in [0.717, 1.165) is 6.54 Å². The van der Waals surface area contributed by atoms with Gasteiger partial charge in [0.15, 0.2) is 0 Å². The molecule has 0 rings (SSSR count). The molecule has 0 bridgehead atoms. The molecule has 0 saturated heterocycles. The molecule has 2 N–H and O–H groups in total. The van der Waals surface area contributed by atoms with Crippen LogP contribution in [0.2, 0.25) is 0 Å². The first-order valence-corrected chi connectivity index (χ1v) is 9.57. The van der Waals surface area contributed by atoms with Gasteiger partial charge >= 0.3 is 5.97 Å². The highest BCUT2D eigenvalue weighted by molar-refractivity contribution is 5.72. The molecule has 0 aromatic heterocycles. The molecule has 3 heteroatoms. The third-order valence-corrected chi connectivity index (χ3v) is 4.51. The molecule has 132 valence electrons. The summed E-state index contributed by atoms with van der Waals surface area (Å²) in [7, 11) is 0. The maximum absolute atomic E-state index is 10.9. The van der Waals surface area contributed by atoms with Crippen molar-refractivity contribution in [3.05, 3.63) is 0 Å². The first kappa shape index (κ1) is 21.4. The van der Waals surface area contributed by atoms with Crippen LogP contribution in [0, 0.1) is 5.92 Å². The molecular weight excluding hydrogens is 274 g/mol. The van der Waals surface area contributed by atoms with Crippen LogP contribution in [0.1, 0.15) is 97.8 Å². The van der Waals surface area contributed by atoms with Crippen LogP contribution in [0.4, 0.5) is 0 Å². The van der Waals surface area contributed by atoms with Gasteiger partial charge in [-0.2, -0.15) is 0 Å². The Kier molecular flexibility index (Phi) is 14.9. The van der Waals surface area contributed by atoms with Gasteiger partial charge in [-0.15, -0.1) is 0 Å². The van der Waals surface area contributed by atoms with Crippen molar-refractivity contribution >= 4 is 5.97 Å². The fourth-order valence-corrected chi connectivity index (χ4v) is 2.85. The van der Waals surface area contributed by atoms with Crippen molar-refractivity contribution in [2.24, 2.45) is 5.92 Å². The quantitative estimate of drug-likeness (QED) is 0.376. The lowest BCUT2D eigenvalue weighted by Crippen LogP contribution is -2.37. The van der Waals surface area contributed by atoms with Gasteiger partial charge in [0.05, 0.1) is 0 Å². The zero-order valence-electron chi connectivity index (χ0n) is 15.2. The van der Waals surface area contributed by atoms with E-state index in [1.54, 1.807) is 6.92 Å². The minimum Gasteiger partial charge on any atom is -0.480 e. The van der Waals surface area contributed by atoms with Crippen LogP contribution in [0.15, 0.2) is 0 Å². The van der Waals surface area contributed by atoms with Crippen LogP contribution in [-0.2, 0) is 4.79 Å². The average Bonchev–Trinajstić information content (AvgIpc) is 2.51. The molecular formula is C19H39NO2. The highest BCUT2D eigenvalue weighted by Gasteiger charge is 2.14. The second-order valence-electron chi connectivity index (χ2n) is 6.74. The molecule has 0 aliphatic carbocycles. The van der Waals surface area contributed by atoms with Crippen LogP contribution < -0.4 is 5.32 Å². The minimum absolute atomic E-state index is 0.428. The summed E-state index contributed by atoms with van der Waals surface area (Å²) in [5.74, 6) is -0.103. The molecule has 22 heavy (non-hydrogen) atoms. The van der Waals surface area contributed by atoms with E-state index in [9.17, 15) is 4.79 Å². The van der Waals surface area contributed by atoms with Crippen LogP contribution >= 0.6 is 0 Å². The normalized spacial score (nSPS) is 14.0. The van der Waals surface area contributed by atoms with Crippen LogP contribution in [-0.4, -0.2) is 23.7 Å². The Bertz CT molecular complexity index is 256. The van der Waals surface area contributed by atoms with Gasteiger partial charge < -0.3 is 10.4 Å². The summed E-state index contributed by atoms with van der Waals surface area (Å²) < 4.78 is 0. The number of nitrogens with one attached hydrogen (secondary N) is 1. The van der Waals surface area contributed by atoms with Crippen LogP contribution in [0.25, 0.3) is 0 Å². The minimum atomic E-state index is -0.746. The lowest BCUT2D eigenvalue weighted by Gasteiger charge is -2.19. The second-order valence-corrected chi connectivity index (χ2v) is 6.74. The first-order valence-electron chi connectivity index (χ1n) is 9.57. The average molecular weight is 314 g/mol. The number of carboxylic acid groups (broad SMARTS) is 1. The maximum atomic E-state index is 10.9. The predicted molar refractivity (Wildman–Crippen MR) is 95.3 cm³/mol. The maximum Gasteiger partial charge on any atom is 0.320 e. The summed E-state index contributed by atoms with van der Waals surface area (Å²) in [6.45, 7) is 7.08. The molecule has 0 aromatic rings. The monoisotopic (exact) mass is 313 g/mol. The lowest BCUT2D eigenvalue weighted by molar-refractivity contribution is -0.139. The second kappa shape index (κ2) is 15.3. The summed E-state index contributed by atoms with van der Waals surface area (Å²) in [6.07, 6.45) is 15.7. The molecule has 2 atom stereocenters. The molecule has 0 radical (unpaired) electrons. The van der Waals surface area contributed by atoms with E-state index < -0.39 is 12.0 Å². The van der Waals surface area contributed by atoms with Gasteiger partial charge in [0.25, 0.3) is 0 Å². The van der Waals surface area contributed by atoms with Gasteiger partial charge in [-0.1, -0.05) is 78.1 Å². The number of hydrogen-bond acceptors (Lipinski definition) is 2. The Morgan fingerprint density at radius 2 is 1.32 bits per heavy atom. The topological polar surface area (TPSA) is 49.3 Å². The molecule has 0 heterocycles. The summed E-state index contributed by atoms with van der Waals surface area (Å²) in [6, 6.07) is -0.428. The highest BCUT2D eigenvalue weighted by Crippen LogP contribution is 2.18. The fourth-order valence-electron chi connectivity index (χ4n) is 2.85. The van der Waals surface area contributed by atoms with E-state index in [-0.39, 0.29) is 0 Å². The SMILES string of the molecule is CCCCCCCCC(CCCCCC)CNC(C)C(=O)O. The third kappa shape index (κ3) is 13.1. The van der Waals surface area contributed by atoms with Crippen molar-refractivity contribution < 1.29 is 9.90 Å². The Labute approximate surface area is 138 Å². The number of unbranched alkanes of at least 4 members (excludes halogenated alkanes) is 8. The highest BCUT2D eigenvalue weighted by atomic mass is 16.4. The molecule has 0 fully saturated rings. The number of aliphatic carboxylic acids is 1. The lowest BCUT2D eigenvalue weighted by atomic mass is 9.94. The van der Waals surface area contributed by atoms with E-state index in [1.807, 2.05) is 0 Å². The van der Waals surface area contributed by atoms with Crippen molar-refractivity contribution in [1.82, 2.24) is 5.32 Å². The Morgan fingerprint density at radius 1 is 0.864 bits per heavy atom. The smallest absolute Gasteiger partial charge is 0.320 e. The van der Waals surface area contributed by atoms with Gasteiger partial charge in [0, 0.05) is 0 Å². The summed E-state index contributed by atoms with van der Waals surface area (Å²) in [5.41, 5.74) is 0. The Balaban J connectivity index is 3.91. The first-order chi connectivity index (χ1) is 10.6. The molecule has 0 aliphatic heterocycles. The number of carboxylic acids is 1. The fraction of sp³-hybridized carbons (Fsp3) is 0.947. The summed E-state index contributed by atoms with van der Waals surface area (Å²) in [4.78, 5) is 10.9. The standard InChI is InChI=1S/C19H39NO2/c1-4-6-8-10-11-13-15-18(14-12-9-7-5-2)16-20-17(3)19(21)22/h17-18,20H,4-16H2,1-3H3,(H,21,22). The summed E-state index contributed by atoms with van der Waals surface area (Å²) >= 11 is 0. The van der Waals surface area contributed by atoms with Crippen LogP contribution in [0.5, 0.6) is 0 Å². The zero-order valence-corrected chi connectivity index (χ0v) is 15.2. The molecule has 2 unspecified atom stereocenters. The molecule has 0 aliphatic rings. The Hall–Kier alpha value is -0.570. The van der Waals surface area contributed by atoms with Crippen molar-refractivity contribution in [2.45, 2.75) is 104 Å². The van der Waals surface area contributed by atoms with Crippen molar-refractivity contribution in [1.29, 1.82) is 0 Å². The number of rotatable bonds is 16. The third-order valence-electron chi connectivity index (χ3n) is 4.51. The molecule has 0 saturated carbocycles. The summed E-state index contributed by atoms with van der Waals surface area (Å²) in [5, 5.41) is 12.2. The van der Waals surface area contributed by atoms with Crippen molar-refractivity contribution in [3.8, 4) is 0 Å². The molecule has 0 amide bonds. The predicted octanol–water partition coefficient (Wildman–Crippen LogP) is 5.39. The van der Waals surface area contributed by atoms with E-state index in [2.05, 4.69) is 19.2 Å². The molecule has 3 nitrogen and oxygen atoms in total. The van der Waals surface area contributed by atoms with Gasteiger partial charge in [0.2, 0.25) is 0 Å². The molecule has 0 spiro atoms. The van der Waals surface area contributed by atoms with E-state index in [1.165, 1.54) is 77.0 Å². The van der Waals surface area contributed by atoms with E-state index in [4.69, 9.17) is 5.11 Å². The van der Waals surface area contributed by atoms with Crippen molar-refractivity contribution in [3.63, 3.8) is 0 Å². The van der Waals surface area contributed by atoms with Crippen LogP contribution in [0.3, 0.4) is 0 Å². The van der Waals surface area contributed by atoms with E-state index in [0.29, 0.717) is 5.92 Å². The van der Waals surface area contributed by atoms with E-state index >= 15 is 0 Å². The van der Waals surface area contributed by atoms with Gasteiger partial charge in [-0.3, -0.25) is 4.79 Å². The van der Waals surface area contributed by atoms with Crippen molar-refractivity contribution in [2.75, 3.05) is 6.54 Å². The number of carbonyl (C=O) groups is 1. The van der Waals surface area contributed by atoms with Gasteiger partial charge in [-0.05, 0) is 32.2 Å². The largest absolute Gasteiger partial charge is 0.480 e. The zero-order chi connectivity index (χ0) is 16.6. The number of hydrogen-bond donors (Lipinski definition) is 2. The molecule has 0 aromatic carbocycles. The van der Waals surface area contributed by atoms with Gasteiger partial charge in [0.1, 0.15) is 6.04 Å². The Morgan fingerprint density at radius 3 is 1.82 bits per heavy atom. The van der Waals surface area contributed by atoms with Gasteiger partial charge in [-0.25, -0.2) is 0 Å².